The number of nitrogens with zero attached hydrogens (tertiary/aromatic N) is 3. The van der Waals surface area contributed by atoms with Crippen molar-refractivity contribution in [1.29, 1.82) is 0 Å². The highest BCUT2D eigenvalue weighted by Crippen LogP contribution is 2.30. The molecule has 2 aromatic carbocycles. The van der Waals surface area contributed by atoms with Crippen molar-refractivity contribution < 1.29 is 9.53 Å². The van der Waals surface area contributed by atoms with Crippen molar-refractivity contribution >= 4 is 33.3 Å². The molecule has 0 aliphatic heterocycles. The summed E-state index contributed by atoms with van der Waals surface area (Å²) in [5.41, 5.74) is 5.17. The summed E-state index contributed by atoms with van der Waals surface area (Å²) in [6, 6.07) is 13.7. The van der Waals surface area contributed by atoms with E-state index in [4.69, 9.17) is 9.72 Å². The van der Waals surface area contributed by atoms with Gasteiger partial charge in [0.2, 0.25) is 5.13 Å². The summed E-state index contributed by atoms with van der Waals surface area (Å²) in [5.74, 6) is 0.997. The van der Waals surface area contributed by atoms with Gasteiger partial charge in [-0.1, -0.05) is 29.5 Å². The molecule has 7 heteroatoms. The fraction of sp³-hybridized carbons (Fsp3) is 0.227. The molecule has 0 atom stereocenters. The molecule has 2 heterocycles. The van der Waals surface area contributed by atoms with Crippen LogP contribution in [0.2, 0.25) is 0 Å². The van der Waals surface area contributed by atoms with Gasteiger partial charge in [0.05, 0.1) is 15.9 Å². The number of rotatable bonds is 5. The summed E-state index contributed by atoms with van der Waals surface area (Å²) in [4.78, 5) is 17.2. The number of aromatic nitrogens is 3. The zero-order chi connectivity index (χ0) is 20.5. The Bertz CT molecular complexity index is 1210. The Labute approximate surface area is 173 Å². The smallest absolute Gasteiger partial charge is 0.263 e. The van der Waals surface area contributed by atoms with Crippen molar-refractivity contribution in [3.8, 4) is 10.9 Å². The minimum Gasteiger partial charge on any atom is -0.484 e. The van der Waals surface area contributed by atoms with E-state index in [1.54, 1.807) is 16.0 Å². The summed E-state index contributed by atoms with van der Waals surface area (Å²) in [6.45, 7) is 7.92. The SMILES string of the molecule is Cc1cccc(OCC(=O)Nc2cc(C)nn2-c2nc3c(C)cc(C)cc3s2)c1. The number of anilines is 1. The van der Waals surface area contributed by atoms with Gasteiger partial charge in [-0.3, -0.25) is 4.79 Å². The molecule has 2 aromatic heterocycles. The van der Waals surface area contributed by atoms with E-state index in [0.29, 0.717) is 11.6 Å². The molecular weight excluding hydrogens is 384 g/mol. The predicted molar refractivity (Wildman–Crippen MR) is 116 cm³/mol. The van der Waals surface area contributed by atoms with Crippen LogP contribution in [-0.4, -0.2) is 27.3 Å². The third-order valence-corrected chi connectivity index (χ3v) is 5.44. The largest absolute Gasteiger partial charge is 0.484 e. The summed E-state index contributed by atoms with van der Waals surface area (Å²) >= 11 is 1.55. The van der Waals surface area contributed by atoms with Crippen molar-refractivity contribution in [3.05, 3.63) is 64.8 Å². The van der Waals surface area contributed by atoms with Crippen LogP contribution in [0, 0.1) is 27.7 Å². The Hall–Kier alpha value is -3.19. The Balaban J connectivity index is 1.55. The summed E-state index contributed by atoms with van der Waals surface area (Å²) < 4.78 is 8.38. The molecule has 0 aliphatic carbocycles. The van der Waals surface area contributed by atoms with Crippen LogP contribution in [0.5, 0.6) is 5.75 Å². The molecule has 0 unspecified atom stereocenters. The Kier molecular flexibility index (Phi) is 5.07. The molecule has 0 spiro atoms. The van der Waals surface area contributed by atoms with Crippen molar-refractivity contribution in [2.75, 3.05) is 11.9 Å². The third-order valence-electron chi connectivity index (χ3n) is 4.46. The fourth-order valence-electron chi connectivity index (χ4n) is 3.22. The van der Waals surface area contributed by atoms with Crippen LogP contribution in [0.25, 0.3) is 15.3 Å². The molecule has 148 valence electrons. The van der Waals surface area contributed by atoms with Gasteiger partial charge in [0.15, 0.2) is 6.61 Å². The number of carbonyl (C=O) groups excluding carboxylic acids is 1. The quantitative estimate of drug-likeness (QED) is 0.520. The van der Waals surface area contributed by atoms with E-state index >= 15 is 0 Å². The lowest BCUT2D eigenvalue weighted by atomic mass is 10.1. The minimum absolute atomic E-state index is 0.0776. The van der Waals surface area contributed by atoms with Crippen molar-refractivity contribution in [3.63, 3.8) is 0 Å². The highest BCUT2D eigenvalue weighted by Gasteiger charge is 2.16. The first-order valence-corrected chi connectivity index (χ1v) is 10.1. The van der Waals surface area contributed by atoms with E-state index in [-0.39, 0.29) is 12.5 Å². The highest BCUT2D eigenvalue weighted by molar-refractivity contribution is 7.20. The Morgan fingerprint density at radius 3 is 2.72 bits per heavy atom. The number of carbonyl (C=O) groups is 1. The number of hydrogen-bond donors (Lipinski definition) is 1. The lowest BCUT2D eigenvalue weighted by molar-refractivity contribution is -0.118. The maximum atomic E-state index is 12.4. The lowest BCUT2D eigenvalue weighted by Gasteiger charge is -2.08. The standard InChI is InChI=1S/C22H22N4O2S/c1-13-6-5-7-17(9-13)28-12-20(27)23-19-11-16(4)25-26(19)22-24-21-15(3)8-14(2)10-18(21)29-22/h5-11H,12H2,1-4H3,(H,23,27). The number of fused-ring (bicyclic) bond motifs is 1. The molecule has 0 saturated carbocycles. The normalized spacial score (nSPS) is 11.0. The third kappa shape index (κ3) is 4.14. The van der Waals surface area contributed by atoms with E-state index in [1.165, 1.54) is 5.56 Å². The molecule has 0 fully saturated rings. The molecule has 0 radical (unpaired) electrons. The molecular formula is C22H22N4O2S. The molecule has 4 aromatic rings. The number of hydrogen-bond acceptors (Lipinski definition) is 5. The van der Waals surface area contributed by atoms with Crippen molar-refractivity contribution in [2.24, 2.45) is 0 Å². The van der Waals surface area contributed by atoms with Crippen LogP contribution in [-0.2, 0) is 4.79 Å². The topological polar surface area (TPSA) is 69.0 Å². The molecule has 0 bridgehead atoms. The Morgan fingerprint density at radius 1 is 1.10 bits per heavy atom. The zero-order valence-corrected chi connectivity index (χ0v) is 17.6. The van der Waals surface area contributed by atoms with Crippen LogP contribution < -0.4 is 10.1 Å². The van der Waals surface area contributed by atoms with Gasteiger partial charge in [0.1, 0.15) is 11.6 Å². The summed E-state index contributed by atoms with van der Waals surface area (Å²) in [5, 5.41) is 8.13. The van der Waals surface area contributed by atoms with Crippen LogP contribution >= 0.6 is 11.3 Å². The second kappa shape index (κ2) is 7.67. The van der Waals surface area contributed by atoms with Crippen LogP contribution in [0.1, 0.15) is 22.4 Å². The van der Waals surface area contributed by atoms with Crippen molar-refractivity contribution in [2.45, 2.75) is 27.7 Å². The van der Waals surface area contributed by atoms with Crippen LogP contribution in [0.3, 0.4) is 0 Å². The van der Waals surface area contributed by atoms with Gasteiger partial charge in [0.25, 0.3) is 5.91 Å². The maximum Gasteiger partial charge on any atom is 0.263 e. The first-order valence-electron chi connectivity index (χ1n) is 9.33. The average molecular weight is 407 g/mol. The number of amides is 1. The van der Waals surface area contributed by atoms with Crippen molar-refractivity contribution in [1.82, 2.24) is 14.8 Å². The maximum absolute atomic E-state index is 12.4. The Morgan fingerprint density at radius 2 is 1.93 bits per heavy atom. The van der Waals surface area contributed by atoms with Gasteiger partial charge in [-0.15, -0.1) is 0 Å². The van der Waals surface area contributed by atoms with Crippen LogP contribution in [0.15, 0.2) is 42.5 Å². The van der Waals surface area contributed by atoms with E-state index in [9.17, 15) is 4.79 Å². The van der Waals surface area contributed by atoms with Gasteiger partial charge >= 0.3 is 0 Å². The fourth-order valence-corrected chi connectivity index (χ4v) is 4.32. The summed E-state index contributed by atoms with van der Waals surface area (Å²) in [7, 11) is 0. The van der Waals surface area contributed by atoms with E-state index < -0.39 is 0 Å². The lowest BCUT2D eigenvalue weighted by Crippen LogP contribution is -2.21. The molecule has 0 saturated heterocycles. The molecule has 1 amide bonds. The number of aryl methyl sites for hydroxylation is 4. The second-order valence-electron chi connectivity index (χ2n) is 7.16. The number of benzene rings is 2. The monoisotopic (exact) mass is 406 g/mol. The van der Waals surface area contributed by atoms with Gasteiger partial charge in [-0.25, -0.2) is 4.98 Å². The van der Waals surface area contributed by atoms with Gasteiger partial charge in [-0.05, 0) is 62.6 Å². The number of thiazole rings is 1. The van der Waals surface area contributed by atoms with E-state index in [0.717, 1.165) is 32.2 Å². The first-order chi connectivity index (χ1) is 13.9. The number of nitrogens with one attached hydrogen (secondary N) is 1. The van der Waals surface area contributed by atoms with Gasteiger partial charge < -0.3 is 10.1 Å². The number of ether oxygens (including phenoxy) is 1. The first kappa shape index (κ1) is 19.1. The predicted octanol–water partition coefficient (Wildman–Crippen LogP) is 4.73. The van der Waals surface area contributed by atoms with E-state index in [1.807, 2.05) is 44.2 Å². The summed E-state index contributed by atoms with van der Waals surface area (Å²) in [6.07, 6.45) is 0. The molecule has 6 nitrogen and oxygen atoms in total. The second-order valence-corrected chi connectivity index (χ2v) is 8.17. The molecule has 4 rings (SSSR count). The van der Waals surface area contributed by atoms with E-state index in [2.05, 4.69) is 36.4 Å². The van der Waals surface area contributed by atoms with Gasteiger partial charge in [-0.2, -0.15) is 9.78 Å². The molecule has 1 N–H and O–H groups in total. The zero-order valence-electron chi connectivity index (χ0n) is 16.8. The molecule has 0 aliphatic rings. The minimum atomic E-state index is -0.249. The van der Waals surface area contributed by atoms with Gasteiger partial charge in [0, 0.05) is 6.07 Å². The highest BCUT2D eigenvalue weighted by atomic mass is 32.1. The average Bonchev–Trinajstić information content (AvgIpc) is 3.23. The van der Waals surface area contributed by atoms with Crippen LogP contribution in [0.4, 0.5) is 5.82 Å². The molecule has 29 heavy (non-hydrogen) atoms.